The highest BCUT2D eigenvalue weighted by Crippen LogP contribution is 2.29. The monoisotopic (exact) mass is 364 g/mol. The van der Waals surface area contributed by atoms with Crippen LogP contribution in [0.25, 0.3) is 0 Å². The Labute approximate surface area is 138 Å². The normalized spacial score (nSPS) is 11.4. The fraction of sp³-hybridized carbons (Fsp3) is 0.188. The standard InChI is InChI=1S/C16H10ClF5O2/c17-11-4-5-12(19)14(13(11)20)24-7-6-16(21,22)15(23)9-2-1-3-10(18)8-9/h1-5,8H,6-7H2. The predicted octanol–water partition coefficient (Wildman–Crippen LogP) is 5.04. The zero-order valence-corrected chi connectivity index (χ0v) is 12.7. The molecule has 0 radical (unpaired) electrons. The number of alkyl halides is 2. The minimum Gasteiger partial charge on any atom is -0.487 e. The highest BCUT2D eigenvalue weighted by Gasteiger charge is 2.39. The molecular weight excluding hydrogens is 355 g/mol. The third kappa shape index (κ3) is 4.03. The van der Waals surface area contributed by atoms with Crippen molar-refractivity contribution in [3.63, 3.8) is 0 Å². The van der Waals surface area contributed by atoms with Gasteiger partial charge in [-0.25, -0.2) is 13.2 Å². The Morgan fingerprint density at radius 1 is 1.12 bits per heavy atom. The van der Waals surface area contributed by atoms with Crippen LogP contribution in [0.1, 0.15) is 16.8 Å². The fourth-order valence-electron chi connectivity index (χ4n) is 1.88. The van der Waals surface area contributed by atoms with Gasteiger partial charge in [0.2, 0.25) is 5.78 Å². The van der Waals surface area contributed by atoms with Crippen LogP contribution in [0.5, 0.6) is 5.75 Å². The highest BCUT2D eigenvalue weighted by molar-refractivity contribution is 6.30. The van der Waals surface area contributed by atoms with E-state index in [1.165, 1.54) is 0 Å². The molecule has 128 valence electrons. The second-order valence-corrected chi connectivity index (χ2v) is 5.22. The molecule has 24 heavy (non-hydrogen) atoms. The van der Waals surface area contributed by atoms with E-state index >= 15 is 0 Å². The van der Waals surface area contributed by atoms with Crippen LogP contribution in [0, 0.1) is 17.5 Å². The number of hydrogen-bond donors (Lipinski definition) is 0. The summed E-state index contributed by atoms with van der Waals surface area (Å²) in [6.45, 7) is -0.845. The lowest BCUT2D eigenvalue weighted by Crippen LogP contribution is -2.31. The summed E-state index contributed by atoms with van der Waals surface area (Å²) in [4.78, 5) is 11.7. The third-order valence-corrected chi connectivity index (χ3v) is 3.38. The van der Waals surface area contributed by atoms with Crippen molar-refractivity contribution in [2.45, 2.75) is 12.3 Å². The van der Waals surface area contributed by atoms with Crippen molar-refractivity contribution < 1.29 is 31.5 Å². The first-order valence-corrected chi connectivity index (χ1v) is 7.04. The van der Waals surface area contributed by atoms with Crippen LogP contribution in [0.3, 0.4) is 0 Å². The van der Waals surface area contributed by atoms with Gasteiger partial charge < -0.3 is 4.74 Å². The van der Waals surface area contributed by atoms with E-state index in [0.29, 0.717) is 6.07 Å². The van der Waals surface area contributed by atoms with E-state index < -0.39 is 58.5 Å². The average Bonchev–Trinajstić information content (AvgIpc) is 2.53. The molecule has 0 aliphatic rings. The van der Waals surface area contributed by atoms with E-state index in [-0.39, 0.29) is 0 Å². The minimum atomic E-state index is -3.89. The molecule has 0 N–H and O–H groups in total. The maximum Gasteiger partial charge on any atom is 0.313 e. The van der Waals surface area contributed by atoms with Crippen LogP contribution >= 0.6 is 11.6 Å². The maximum absolute atomic E-state index is 13.9. The predicted molar refractivity (Wildman–Crippen MR) is 77.2 cm³/mol. The largest absolute Gasteiger partial charge is 0.487 e. The average molecular weight is 365 g/mol. The molecule has 2 aromatic rings. The Hall–Kier alpha value is -2.15. The van der Waals surface area contributed by atoms with Crippen LogP contribution in [-0.2, 0) is 0 Å². The van der Waals surface area contributed by atoms with Gasteiger partial charge in [-0.1, -0.05) is 23.7 Å². The molecule has 0 fully saturated rings. The summed E-state index contributed by atoms with van der Waals surface area (Å²) >= 11 is 5.44. The van der Waals surface area contributed by atoms with Crippen molar-refractivity contribution >= 4 is 17.4 Å². The first-order valence-electron chi connectivity index (χ1n) is 6.67. The van der Waals surface area contributed by atoms with Gasteiger partial charge in [-0.3, -0.25) is 4.79 Å². The van der Waals surface area contributed by atoms with Crippen molar-refractivity contribution in [2.75, 3.05) is 6.61 Å². The SMILES string of the molecule is O=C(c1cccc(F)c1)C(F)(F)CCOc1c(F)ccc(Cl)c1F. The van der Waals surface area contributed by atoms with E-state index in [1.54, 1.807) is 0 Å². The molecular formula is C16H10ClF5O2. The molecule has 0 aliphatic heterocycles. The lowest BCUT2D eigenvalue weighted by atomic mass is 10.0. The number of ether oxygens (including phenoxy) is 1. The van der Waals surface area contributed by atoms with Gasteiger partial charge >= 0.3 is 5.92 Å². The number of halogens is 6. The van der Waals surface area contributed by atoms with Gasteiger partial charge in [0.1, 0.15) is 5.82 Å². The molecule has 2 aromatic carbocycles. The lowest BCUT2D eigenvalue weighted by Gasteiger charge is -2.16. The molecule has 0 spiro atoms. The zero-order valence-electron chi connectivity index (χ0n) is 12.0. The van der Waals surface area contributed by atoms with Gasteiger partial charge in [0, 0.05) is 5.56 Å². The second kappa shape index (κ2) is 7.17. The Kier molecular flexibility index (Phi) is 5.43. The first kappa shape index (κ1) is 18.2. The molecule has 2 nitrogen and oxygen atoms in total. The number of ketones is 1. The summed E-state index contributed by atoms with van der Waals surface area (Å²) in [6.07, 6.45) is -1.15. The number of hydrogen-bond acceptors (Lipinski definition) is 2. The van der Waals surface area contributed by atoms with E-state index in [0.717, 1.165) is 30.3 Å². The molecule has 0 amide bonds. The van der Waals surface area contributed by atoms with Gasteiger partial charge in [-0.2, -0.15) is 8.78 Å². The van der Waals surface area contributed by atoms with Crippen molar-refractivity contribution in [1.29, 1.82) is 0 Å². The Balaban J connectivity index is 2.06. The van der Waals surface area contributed by atoms with Crippen molar-refractivity contribution in [2.24, 2.45) is 0 Å². The topological polar surface area (TPSA) is 26.3 Å². The molecule has 0 saturated carbocycles. The second-order valence-electron chi connectivity index (χ2n) is 4.81. The quantitative estimate of drug-likeness (QED) is 0.407. The number of carbonyl (C=O) groups is 1. The van der Waals surface area contributed by atoms with Crippen LogP contribution in [0.2, 0.25) is 5.02 Å². The van der Waals surface area contributed by atoms with Crippen molar-refractivity contribution in [1.82, 2.24) is 0 Å². The molecule has 0 unspecified atom stereocenters. The summed E-state index contributed by atoms with van der Waals surface area (Å²) in [5, 5.41) is -0.436. The summed E-state index contributed by atoms with van der Waals surface area (Å²) in [5.74, 6) is -9.59. The van der Waals surface area contributed by atoms with Crippen LogP contribution in [0.15, 0.2) is 36.4 Å². The first-order chi connectivity index (χ1) is 11.2. The minimum absolute atomic E-state index is 0.436. The van der Waals surface area contributed by atoms with E-state index in [1.807, 2.05) is 0 Å². The summed E-state index contributed by atoms with van der Waals surface area (Å²) in [6, 6.07) is 5.59. The molecule has 0 bridgehead atoms. The van der Waals surface area contributed by atoms with Crippen molar-refractivity contribution in [3.05, 3.63) is 64.4 Å². The lowest BCUT2D eigenvalue weighted by molar-refractivity contribution is -0.00314. The van der Waals surface area contributed by atoms with Crippen LogP contribution in [0.4, 0.5) is 22.0 Å². The number of carbonyl (C=O) groups excluding carboxylic acids is 1. The molecule has 0 saturated heterocycles. The Morgan fingerprint density at radius 2 is 1.83 bits per heavy atom. The van der Waals surface area contributed by atoms with Gasteiger partial charge in [0.15, 0.2) is 17.4 Å². The van der Waals surface area contributed by atoms with Crippen LogP contribution < -0.4 is 4.74 Å². The summed E-state index contributed by atoms with van der Waals surface area (Å²) in [7, 11) is 0. The van der Waals surface area contributed by atoms with E-state index in [2.05, 4.69) is 4.74 Å². The summed E-state index contributed by atoms with van der Waals surface area (Å²) < 4.78 is 72.3. The van der Waals surface area contributed by atoms with Gasteiger partial charge in [0.25, 0.3) is 0 Å². The third-order valence-electron chi connectivity index (χ3n) is 3.08. The molecule has 8 heteroatoms. The van der Waals surface area contributed by atoms with Gasteiger partial charge in [-0.05, 0) is 24.3 Å². The zero-order chi connectivity index (χ0) is 17.9. The Bertz CT molecular complexity index is 764. The Morgan fingerprint density at radius 3 is 2.50 bits per heavy atom. The number of benzene rings is 2. The van der Waals surface area contributed by atoms with Gasteiger partial charge in [-0.15, -0.1) is 0 Å². The molecule has 0 heterocycles. The smallest absolute Gasteiger partial charge is 0.313 e. The molecule has 0 atom stereocenters. The molecule has 0 aromatic heterocycles. The van der Waals surface area contributed by atoms with Gasteiger partial charge in [0.05, 0.1) is 18.1 Å². The van der Waals surface area contributed by atoms with E-state index in [9.17, 15) is 26.7 Å². The molecule has 0 aliphatic carbocycles. The number of rotatable bonds is 6. The van der Waals surface area contributed by atoms with Crippen LogP contribution in [-0.4, -0.2) is 18.3 Å². The fourth-order valence-corrected chi connectivity index (χ4v) is 2.03. The highest BCUT2D eigenvalue weighted by atomic mass is 35.5. The number of Topliss-reactive ketones (excluding diaryl/α,β-unsaturated/α-hetero) is 1. The van der Waals surface area contributed by atoms with E-state index in [4.69, 9.17) is 11.6 Å². The maximum atomic E-state index is 13.9. The summed E-state index contributed by atoms with van der Waals surface area (Å²) in [5.41, 5.74) is -0.514. The molecule has 2 rings (SSSR count). The van der Waals surface area contributed by atoms with Crippen molar-refractivity contribution in [3.8, 4) is 5.75 Å².